The van der Waals surface area contributed by atoms with E-state index < -0.39 is 0 Å². The Balaban J connectivity index is 1.14. The van der Waals surface area contributed by atoms with Crippen LogP contribution in [-0.2, 0) is 11.3 Å². The lowest BCUT2D eigenvalue weighted by molar-refractivity contribution is 0.122. The Bertz CT molecular complexity index is 1050. The molecule has 1 aromatic heterocycles. The Morgan fingerprint density at radius 1 is 0.943 bits per heavy atom. The summed E-state index contributed by atoms with van der Waals surface area (Å²) < 4.78 is 7.41. The van der Waals surface area contributed by atoms with Crippen molar-refractivity contribution in [3.05, 3.63) is 78.6 Å². The Hall–Kier alpha value is -3.28. The van der Waals surface area contributed by atoms with Gasteiger partial charge in [0.1, 0.15) is 6.61 Å². The van der Waals surface area contributed by atoms with Crippen LogP contribution in [0, 0.1) is 11.8 Å². The third-order valence-electron chi connectivity index (χ3n) is 7.56. The molecule has 1 N–H and O–H groups in total. The van der Waals surface area contributed by atoms with Gasteiger partial charge in [-0.05, 0) is 79.8 Å². The molecule has 0 bridgehead atoms. The number of alkyl carbamates (subject to hydrolysis) is 1. The predicted octanol–water partition coefficient (Wildman–Crippen LogP) is 5.96. The number of piperidine rings is 1. The van der Waals surface area contributed by atoms with E-state index >= 15 is 0 Å². The van der Waals surface area contributed by atoms with Gasteiger partial charge in [0.2, 0.25) is 0 Å². The standard InChI is InChI=1S/C29H36N4O2/c34-29(35-22-23-8-2-1-3-9-23)31-28-12-5-4-11-25(28)20-24-10-6-18-32(21-24)26-13-15-27(16-14-26)33-19-7-17-30-33/h1-3,7-9,13-17,19,24-25,28H,4-6,10-12,18,20-22H2,(H,31,34)/t24-,25+,28-/m1/s1. The first-order valence-electron chi connectivity index (χ1n) is 13.1. The number of nitrogens with one attached hydrogen (secondary N) is 1. The molecular weight excluding hydrogens is 436 g/mol. The van der Waals surface area contributed by atoms with Crippen molar-refractivity contribution in [1.82, 2.24) is 15.1 Å². The van der Waals surface area contributed by atoms with Crippen LogP contribution in [0.25, 0.3) is 5.69 Å². The Kier molecular flexibility index (Phi) is 7.66. The maximum absolute atomic E-state index is 12.5. The zero-order valence-corrected chi connectivity index (χ0v) is 20.4. The minimum Gasteiger partial charge on any atom is -0.445 e. The molecule has 2 aliphatic rings. The molecule has 6 nitrogen and oxygen atoms in total. The fourth-order valence-corrected chi connectivity index (χ4v) is 5.75. The zero-order valence-electron chi connectivity index (χ0n) is 20.4. The molecule has 1 saturated heterocycles. The van der Waals surface area contributed by atoms with Gasteiger partial charge in [-0.25, -0.2) is 9.48 Å². The van der Waals surface area contributed by atoms with Crippen molar-refractivity contribution >= 4 is 11.8 Å². The number of hydrogen-bond donors (Lipinski definition) is 1. The third kappa shape index (κ3) is 6.24. The van der Waals surface area contributed by atoms with E-state index in [0.29, 0.717) is 18.4 Å². The van der Waals surface area contributed by atoms with E-state index in [0.717, 1.165) is 30.8 Å². The molecule has 1 aliphatic carbocycles. The van der Waals surface area contributed by atoms with Crippen molar-refractivity contribution in [2.75, 3.05) is 18.0 Å². The van der Waals surface area contributed by atoms with Crippen LogP contribution in [0.5, 0.6) is 0 Å². The topological polar surface area (TPSA) is 59.4 Å². The average Bonchev–Trinajstić information content (AvgIpc) is 3.45. The first-order chi connectivity index (χ1) is 17.2. The fraction of sp³-hybridized carbons (Fsp3) is 0.448. The first-order valence-corrected chi connectivity index (χ1v) is 13.1. The Morgan fingerprint density at radius 3 is 2.54 bits per heavy atom. The summed E-state index contributed by atoms with van der Waals surface area (Å²) in [6.07, 6.45) is 11.8. The molecule has 0 spiro atoms. The number of ether oxygens (including phenoxy) is 1. The highest BCUT2D eigenvalue weighted by molar-refractivity contribution is 5.67. The van der Waals surface area contributed by atoms with Crippen molar-refractivity contribution in [2.45, 2.75) is 57.6 Å². The number of carbonyl (C=O) groups excluding carboxylic acids is 1. The van der Waals surface area contributed by atoms with E-state index in [4.69, 9.17) is 4.74 Å². The van der Waals surface area contributed by atoms with E-state index in [2.05, 4.69) is 39.6 Å². The van der Waals surface area contributed by atoms with Gasteiger partial charge in [-0.2, -0.15) is 5.10 Å². The molecule has 3 aromatic rings. The number of aromatic nitrogens is 2. The van der Waals surface area contributed by atoms with Gasteiger partial charge in [-0.3, -0.25) is 0 Å². The van der Waals surface area contributed by atoms with Gasteiger partial charge in [-0.15, -0.1) is 0 Å². The smallest absolute Gasteiger partial charge is 0.407 e. The normalized spacial score (nSPS) is 22.5. The van der Waals surface area contributed by atoms with Crippen LogP contribution in [-0.4, -0.2) is 35.0 Å². The zero-order chi connectivity index (χ0) is 23.9. The van der Waals surface area contributed by atoms with E-state index in [1.54, 1.807) is 6.20 Å². The lowest BCUT2D eigenvalue weighted by Gasteiger charge is -2.39. The number of nitrogens with zero attached hydrogens (tertiary/aromatic N) is 3. The van der Waals surface area contributed by atoms with Gasteiger partial charge in [0.25, 0.3) is 0 Å². The van der Waals surface area contributed by atoms with Crippen LogP contribution in [0.3, 0.4) is 0 Å². The molecule has 1 aliphatic heterocycles. The number of carbonyl (C=O) groups is 1. The van der Waals surface area contributed by atoms with Crippen LogP contribution < -0.4 is 10.2 Å². The molecule has 3 atom stereocenters. The highest BCUT2D eigenvalue weighted by Gasteiger charge is 2.31. The second-order valence-corrected chi connectivity index (χ2v) is 10.0. The van der Waals surface area contributed by atoms with Gasteiger partial charge < -0.3 is 15.0 Å². The van der Waals surface area contributed by atoms with Crippen molar-refractivity contribution in [2.24, 2.45) is 11.8 Å². The fourth-order valence-electron chi connectivity index (χ4n) is 5.75. The molecule has 0 unspecified atom stereocenters. The van der Waals surface area contributed by atoms with E-state index in [-0.39, 0.29) is 12.1 Å². The molecular formula is C29H36N4O2. The summed E-state index contributed by atoms with van der Waals surface area (Å²) in [6, 6.07) is 20.8. The second-order valence-electron chi connectivity index (χ2n) is 10.0. The molecule has 1 saturated carbocycles. The molecule has 2 heterocycles. The number of rotatable bonds is 7. The average molecular weight is 473 g/mol. The monoisotopic (exact) mass is 472 g/mol. The summed E-state index contributed by atoms with van der Waals surface area (Å²) in [7, 11) is 0. The Morgan fingerprint density at radius 2 is 1.74 bits per heavy atom. The van der Waals surface area contributed by atoms with Crippen molar-refractivity contribution in [3.63, 3.8) is 0 Å². The summed E-state index contributed by atoms with van der Waals surface area (Å²) in [4.78, 5) is 15.1. The molecule has 2 aromatic carbocycles. The van der Waals surface area contributed by atoms with E-state index in [1.807, 2.05) is 47.3 Å². The van der Waals surface area contributed by atoms with E-state index in [1.165, 1.54) is 44.2 Å². The summed E-state index contributed by atoms with van der Waals surface area (Å²) in [5.74, 6) is 1.18. The van der Waals surface area contributed by atoms with Gasteiger partial charge >= 0.3 is 6.09 Å². The maximum atomic E-state index is 12.5. The summed E-state index contributed by atoms with van der Waals surface area (Å²) in [6.45, 7) is 2.51. The molecule has 6 heteroatoms. The van der Waals surface area contributed by atoms with Gasteiger partial charge in [0.05, 0.1) is 5.69 Å². The van der Waals surface area contributed by atoms with Gasteiger partial charge in [0.15, 0.2) is 0 Å². The molecule has 5 rings (SSSR count). The SMILES string of the molecule is O=C(N[C@@H]1CCCC[C@H]1C[C@H]1CCCN(c2ccc(-n3cccn3)cc2)C1)OCc1ccccc1. The third-order valence-corrected chi connectivity index (χ3v) is 7.56. The van der Waals surface area contributed by atoms with Gasteiger partial charge in [0, 0.05) is 37.2 Å². The minimum atomic E-state index is -0.284. The highest BCUT2D eigenvalue weighted by Crippen LogP contribution is 2.34. The first kappa shape index (κ1) is 23.5. The van der Waals surface area contributed by atoms with Crippen LogP contribution in [0.15, 0.2) is 73.1 Å². The predicted molar refractivity (Wildman–Crippen MR) is 139 cm³/mol. The molecule has 184 valence electrons. The highest BCUT2D eigenvalue weighted by atomic mass is 16.5. The van der Waals surface area contributed by atoms with Gasteiger partial charge in [-0.1, -0.05) is 43.2 Å². The molecule has 35 heavy (non-hydrogen) atoms. The van der Waals surface area contributed by atoms with Crippen molar-refractivity contribution in [1.29, 1.82) is 0 Å². The lowest BCUT2D eigenvalue weighted by atomic mass is 9.77. The maximum Gasteiger partial charge on any atom is 0.407 e. The van der Waals surface area contributed by atoms with Crippen LogP contribution >= 0.6 is 0 Å². The van der Waals surface area contributed by atoms with Crippen LogP contribution in [0.4, 0.5) is 10.5 Å². The van der Waals surface area contributed by atoms with Crippen LogP contribution in [0.1, 0.15) is 50.5 Å². The lowest BCUT2D eigenvalue weighted by Crippen LogP contribution is -2.44. The number of benzene rings is 2. The number of amides is 1. The number of hydrogen-bond acceptors (Lipinski definition) is 4. The summed E-state index contributed by atoms with van der Waals surface area (Å²) in [5, 5.41) is 7.53. The van der Waals surface area contributed by atoms with Crippen molar-refractivity contribution < 1.29 is 9.53 Å². The molecule has 2 fully saturated rings. The molecule has 0 radical (unpaired) electrons. The summed E-state index contributed by atoms with van der Waals surface area (Å²) in [5.41, 5.74) is 3.39. The quantitative estimate of drug-likeness (QED) is 0.461. The summed E-state index contributed by atoms with van der Waals surface area (Å²) >= 11 is 0. The largest absolute Gasteiger partial charge is 0.445 e. The van der Waals surface area contributed by atoms with Crippen molar-refractivity contribution in [3.8, 4) is 5.69 Å². The second kappa shape index (κ2) is 11.4. The molecule has 1 amide bonds. The van der Waals surface area contributed by atoms with E-state index in [9.17, 15) is 4.79 Å². The minimum absolute atomic E-state index is 0.218. The van der Waals surface area contributed by atoms with Crippen LogP contribution in [0.2, 0.25) is 0 Å². The number of anilines is 1. The Labute approximate surface area is 208 Å².